The number of nitrogens with zero attached hydrogens (tertiary/aromatic N) is 3. The average molecular weight is 410 g/mol. The number of para-hydroxylation sites is 1. The van der Waals surface area contributed by atoms with Gasteiger partial charge in [0.1, 0.15) is 5.75 Å². The van der Waals surface area contributed by atoms with Crippen molar-refractivity contribution in [1.29, 1.82) is 0 Å². The molecule has 4 rings (SSSR count). The topological polar surface area (TPSA) is 39.0 Å². The molecule has 0 radical (unpaired) electrons. The lowest BCUT2D eigenvalue weighted by molar-refractivity contribution is 0.0363. The van der Waals surface area contributed by atoms with Crippen LogP contribution < -0.4 is 9.54 Å². The molecule has 1 saturated heterocycles. The number of benzene rings is 2. The first kappa shape index (κ1) is 19.9. The van der Waals surface area contributed by atoms with Gasteiger partial charge in [0.15, 0.2) is 4.80 Å². The van der Waals surface area contributed by atoms with Crippen molar-refractivity contribution in [3.8, 4) is 17.0 Å². The number of ether oxygens (including phenoxy) is 2. The first-order valence-electron chi connectivity index (χ1n) is 9.99. The zero-order chi connectivity index (χ0) is 20.1. The lowest BCUT2D eigenvalue weighted by Crippen LogP contribution is -2.39. The first-order chi connectivity index (χ1) is 14.2. The van der Waals surface area contributed by atoms with Crippen molar-refractivity contribution in [2.75, 3.05) is 40.0 Å². The summed E-state index contributed by atoms with van der Waals surface area (Å²) < 4.78 is 13.2. The lowest BCUT2D eigenvalue weighted by atomic mass is 10.1. The van der Waals surface area contributed by atoms with E-state index >= 15 is 0 Å². The largest absolute Gasteiger partial charge is 0.497 e. The van der Waals surface area contributed by atoms with Gasteiger partial charge >= 0.3 is 0 Å². The van der Waals surface area contributed by atoms with Gasteiger partial charge in [-0.2, -0.15) is 0 Å². The van der Waals surface area contributed by atoms with Crippen LogP contribution in [-0.2, 0) is 11.3 Å². The average Bonchev–Trinajstić information content (AvgIpc) is 3.08. The molecule has 0 bridgehead atoms. The van der Waals surface area contributed by atoms with Gasteiger partial charge in [-0.05, 0) is 48.9 Å². The van der Waals surface area contributed by atoms with Gasteiger partial charge in [0, 0.05) is 31.1 Å². The normalized spacial score (nSPS) is 15.6. The summed E-state index contributed by atoms with van der Waals surface area (Å²) in [5.74, 6) is 0.871. The number of morpholine rings is 1. The maximum absolute atomic E-state index is 5.50. The molecular weight excluding hydrogens is 382 g/mol. The van der Waals surface area contributed by atoms with Crippen molar-refractivity contribution in [2.45, 2.75) is 13.5 Å². The van der Waals surface area contributed by atoms with Crippen molar-refractivity contribution in [3.05, 3.63) is 64.3 Å². The lowest BCUT2D eigenvalue weighted by Gasteiger charge is -2.27. The van der Waals surface area contributed by atoms with Crippen molar-refractivity contribution < 1.29 is 9.47 Å². The molecule has 6 heteroatoms. The summed E-state index contributed by atoms with van der Waals surface area (Å²) in [6.07, 6.45) is 0. The van der Waals surface area contributed by atoms with Gasteiger partial charge in [-0.25, -0.2) is 4.99 Å². The fourth-order valence-electron chi connectivity index (χ4n) is 3.60. The third kappa shape index (κ3) is 4.78. The van der Waals surface area contributed by atoms with Crippen molar-refractivity contribution in [2.24, 2.45) is 4.99 Å². The van der Waals surface area contributed by atoms with Crippen LogP contribution in [0.15, 0.2) is 59.6 Å². The van der Waals surface area contributed by atoms with E-state index < -0.39 is 0 Å². The summed E-state index contributed by atoms with van der Waals surface area (Å²) in [6.45, 7) is 7.70. The van der Waals surface area contributed by atoms with Crippen LogP contribution in [0, 0.1) is 6.92 Å². The van der Waals surface area contributed by atoms with Gasteiger partial charge in [-0.3, -0.25) is 4.90 Å². The van der Waals surface area contributed by atoms with Crippen LogP contribution in [0.1, 0.15) is 4.88 Å². The number of aryl methyl sites for hydroxylation is 1. The fourth-order valence-corrected chi connectivity index (χ4v) is 4.65. The van der Waals surface area contributed by atoms with Gasteiger partial charge in [-0.15, -0.1) is 11.3 Å². The Bertz CT molecular complexity index is 987. The highest BCUT2D eigenvalue weighted by atomic mass is 32.1. The Morgan fingerprint density at radius 2 is 1.72 bits per heavy atom. The SMILES string of the molecule is COc1ccc(-c2c(C)sc(=Nc3ccccc3)n2CCN2CCOCC2)cc1. The second-order valence-corrected chi connectivity index (χ2v) is 8.25. The molecule has 2 aromatic carbocycles. The molecule has 0 spiro atoms. The van der Waals surface area contributed by atoms with E-state index in [4.69, 9.17) is 14.5 Å². The van der Waals surface area contributed by atoms with Gasteiger partial charge in [0.2, 0.25) is 0 Å². The van der Waals surface area contributed by atoms with Gasteiger partial charge in [0.05, 0.1) is 31.7 Å². The second-order valence-electron chi connectivity index (χ2n) is 7.07. The Kier molecular flexibility index (Phi) is 6.44. The molecule has 0 atom stereocenters. The highest BCUT2D eigenvalue weighted by molar-refractivity contribution is 7.09. The summed E-state index contributed by atoms with van der Waals surface area (Å²) in [7, 11) is 1.70. The van der Waals surface area contributed by atoms with Gasteiger partial charge < -0.3 is 14.0 Å². The van der Waals surface area contributed by atoms with E-state index in [9.17, 15) is 0 Å². The number of thiazole rings is 1. The van der Waals surface area contributed by atoms with E-state index in [1.165, 1.54) is 16.1 Å². The molecule has 1 aromatic heterocycles. The smallest absolute Gasteiger partial charge is 0.190 e. The minimum Gasteiger partial charge on any atom is -0.497 e. The van der Waals surface area contributed by atoms with Gasteiger partial charge in [-0.1, -0.05) is 18.2 Å². The van der Waals surface area contributed by atoms with Crippen LogP contribution in [0.3, 0.4) is 0 Å². The number of aromatic nitrogens is 1. The quantitative estimate of drug-likeness (QED) is 0.615. The molecule has 1 fully saturated rings. The molecule has 3 aromatic rings. The van der Waals surface area contributed by atoms with Crippen LogP contribution in [-0.4, -0.2) is 49.4 Å². The highest BCUT2D eigenvalue weighted by Crippen LogP contribution is 2.27. The molecule has 0 saturated carbocycles. The van der Waals surface area contributed by atoms with Crippen LogP contribution >= 0.6 is 11.3 Å². The van der Waals surface area contributed by atoms with Crippen LogP contribution in [0.2, 0.25) is 0 Å². The predicted octanol–water partition coefficient (Wildman–Crippen LogP) is 4.10. The molecule has 2 heterocycles. The van der Waals surface area contributed by atoms with Gasteiger partial charge in [0.25, 0.3) is 0 Å². The third-order valence-electron chi connectivity index (χ3n) is 5.17. The standard InChI is InChI=1S/C23H27N3O2S/c1-18-22(19-8-10-21(27-2)11-9-19)26(13-12-25-14-16-28-17-15-25)23(29-18)24-20-6-4-3-5-7-20/h3-11H,12-17H2,1-2H3. The molecule has 0 aliphatic carbocycles. The molecule has 0 amide bonds. The van der Waals surface area contributed by atoms with Crippen molar-refractivity contribution in [1.82, 2.24) is 9.47 Å². The molecule has 152 valence electrons. The van der Waals surface area contributed by atoms with Crippen LogP contribution in [0.5, 0.6) is 5.75 Å². The zero-order valence-corrected chi connectivity index (χ0v) is 17.8. The van der Waals surface area contributed by atoms with E-state index in [2.05, 4.69) is 40.7 Å². The number of rotatable bonds is 6. The summed E-state index contributed by atoms with van der Waals surface area (Å²) in [4.78, 5) is 9.73. The minimum absolute atomic E-state index is 0.819. The fraction of sp³-hybridized carbons (Fsp3) is 0.348. The minimum atomic E-state index is 0.819. The number of hydrogen-bond donors (Lipinski definition) is 0. The van der Waals surface area contributed by atoms with Crippen LogP contribution in [0.25, 0.3) is 11.3 Å². The maximum Gasteiger partial charge on any atom is 0.190 e. The monoisotopic (exact) mass is 409 g/mol. The third-order valence-corrected chi connectivity index (χ3v) is 6.16. The number of hydrogen-bond acceptors (Lipinski definition) is 5. The molecule has 1 aliphatic rings. The Balaban J connectivity index is 1.73. The van der Waals surface area contributed by atoms with E-state index in [1.54, 1.807) is 18.4 Å². The van der Waals surface area contributed by atoms with E-state index in [-0.39, 0.29) is 0 Å². The first-order valence-corrected chi connectivity index (χ1v) is 10.8. The molecular formula is C23H27N3O2S. The number of methoxy groups -OCH3 is 1. The summed E-state index contributed by atoms with van der Waals surface area (Å²) in [6, 6.07) is 18.5. The van der Waals surface area contributed by atoms with Crippen molar-refractivity contribution >= 4 is 17.0 Å². The predicted molar refractivity (Wildman–Crippen MR) is 118 cm³/mol. The maximum atomic E-state index is 5.50. The molecule has 5 nitrogen and oxygen atoms in total. The Hall–Kier alpha value is -2.41. The van der Waals surface area contributed by atoms with E-state index in [1.807, 2.05) is 30.3 Å². The van der Waals surface area contributed by atoms with Crippen molar-refractivity contribution in [3.63, 3.8) is 0 Å². The Labute approximate surface area is 175 Å². The molecule has 0 unspecified atom stereocenters. The summed E-state index contributed by atoms with van der Waals surface area (Å²) in [5, 5.41) is 0. The van der Waals surface area contributed by atoms with Crippen LogP contribution in [0.4, 0.5) is 5.69 Å². The van der Waals surface area contributed by atoms with E-state index in [0.29, 0.717) is 0 Å². The van der Waals surface area contributed by atoms with E-state index in [0.717, 1.165) is 55.6 Å². The Morgan fingerprint density at radius 3 is 2.41 bits per heavy atom. The second kappa shape index (κ2) is 9.39. The molecule has 29 heavy (non-hydrogen) atoms. The molecule has 0 N–H and O–H groups in total. The highest BCUT2D eigenvalue weighted by Gasteiger charge is 2.16. The zero-order valence-electron chi connectivity index (χ0n) is 17.0. The Morgan fingerprint density at radius 1 is 1.00 bits per heavy atom. The summed E-state index contributed by atoms with van der Waals surface area (Å²) in [5.41, 5.74) is 3.41. The summed E-state index contributed by atoms with van der Waals surface area (Å²) >= 11 is 1.75. The molecule has 1 aliphatic heterocycles.